The number of aliphatic carboxylic acids is 1. The van der Waals surface area contributed by atoms with Gasteiger partial charge in [-0.2, -0.15) is 0 Å². The Balaban J connectivity index is 1.54. The number of carbonyl (C=O) groups excluding carboxylic acids is 1. The highest BCUT2D eigenvalue weighted by Crippen LogP contribution is 2.30. The number of aryl methyl sites for hydroxylation is 1. The molecule has 4 rings (SSSR count). The lowest BCUT2D eigenvalue weighted by Crippen LogP contribution is -2.14. The monoisotopic (exact) mass is 408 g/mol. The van der Waals surface area contributed by atoms with Gasteiger partial charge in [0.25, 0.3) is 0 Å². The highest BCUT2D eigenvalue weighted by Gasteiger charge is 2.25. The van der Waals surface area contributed by atoms with E-state index in [1.807, 2.05) is 42.5 Å². The van der Waals surface area contributed by atoms with Gasteiger partial charge in [-0.25, -0.2) is 4.79 Å². The maximum atomic E-state index is 12.1. The number of ether oxygens (including phenoxy) is 1. The second-order valence-electron chi connectivity index (χ2n) is 6.61. The maximum Gasteiger partial charge on any atom is 0.380 e. The van der Waals surface area contributed by atoms with Crippen LogP contribution in [0, 0.1) is 0 Å². The predicted octanol–water partition coefficient (Wildman–Crippen LogP) is 5.52. The molecule has 0 amide bonds. The molecule has 0 unspecified atom stereocenters. The summed E-state index contributed by atoms with van der Waals surface area (Å²) in [6.07, 6.45) is 0.997. The third-order valence-corrected chi connectivity index (χ3v) is 4.97. The van der Waals surface area contributed by atoms with Crippen LogP contribution in [0.15, 0.2) is 65.1 Å². The van der Waals surface area contributed by atoms with Crippen molar-refractivity contribution in [3.8, 4) is 5.75 Å². The Morgan fingerprint density at radius 2 is 1.79 bits per heavy atom. The van der Waals surface area contributed by atoms with Crippen LogP contribution >= 0.6 is 11.6 Å². The molecule has 0 aliphatic heterocycles. The largest absolute Gasteiger partial charge is 0.493 e. The highest BCUT2D eigenvalue weighted by atomic mass is 35.5. The van der Waals surface area contributed by atoms with Crippen molar-refractivity contribution in [3.05, 3.63) is 77.0 Å². The molecule has 0 bridgehead atoms. The number of Topliss-reactive ketones (excluding diaryl/α,β-unsaturated/α-hetero) is 1. The summed E-state index contributed by atoms with van der Waals surface area (Å²) < 4.78 is 11.5. The number of rotatable bonds is 7. The molecule has 0 aliphatic carbocycles. The molecule has 0 aliphatic rings. The van der Waals surface area contributed by atoms with Gasteiger partial charge in [-0.05, 0) is 42.5 Å². The zero-order valence-corrected chi connectivity index (χ0v) is 16.1. The van der Waals surface area contributed by atoms with Crippen LogP contribution in [0.1, 0.15) is 22.5 Å². The molecule has 5 nitrogen and oxygen atoms in total. The molecule has 1 aromatic heterocycles. The van der Waals surface area contributed by atoms with Crippen LogP contribution in [0.25, 0.3) is 21.7 Å². The minimum Gasteiger partial charge on any atom is -0.493 e. The number of hydrogen-bond donors (Lipinski definition) is 1. The van der Waals surface area contributed by atoms with Crippen LogP contribution in [0.5, 0.6) is 5.75 Å². The molecule has 1 N–H and O–H groups in total. The van der Waals surface area contributed by atoms with E-state index < -0.39 is 11.8 Å². The summed E-state index contributed by atoms with van der Waals surface area (Å²) in [5.74, 6) is -1.99. The fraction of sp³-hybridized carbons (Fsp3) is 0.130. The first-order valence-corrected chi connectivity index (χ1v) is 9.51. The topological polar surface area (TPSA) is 76.7 Å². The summed E-state index contributed by atoms with van der Waals surface area (Å²) in [7, 11) is 0. The maximum absolute atomic E-state index is 12.1. The Kier molecular flexibility index (Phi) is 5.23. The first-order valence-electron chi connectivity index (χ1n) is 9.13. The standard InChI is InChI=1S/C23H17ClO5/c24-15-10-11-20-18(13-15)17(22(29-20)21(25)23(26)27)8-4-12-28-19-9-3-6-14-5-1-2-7-16(14)19/h1-3,5-7,9-11,13H,4,8,12H2,(H,26,27). The summed E-state index contributed by atoms with van der Waals surface area (Å²) in [4.78, 5) is 23.2. The number of halogens is 1. The molecule has 0 spiro atoms. The molecule has 4 aromatic rings. The molecule has 1 heterocycles. The number of carboxylic acids is 1. The van der Waals surface area contributed by atoms with Crippen molar-refractivity contribution < 1.29 is 23.8 Å². The summed E-state index contributed by atoms with van der Waals surface area (Å²) in [6, 6.07) is 18.8. The lowest BCUT2D eigenvalue weighted by molar-refractivity contribution is -0.131. The fourth-order valence-electron chi connectivity index (χ4n) is 3.40. The number of hydrogen-bond acceptors (Lipinski definition) is 4. The SMILES string of the molecule is O=C(O)C(=O)c1oc2ccc(Cl)cc2c1CCCOc1cccc2ccccc12. The number of ketones is 1. The van der Waals surface area contributed by atoms with Crippen molar-refractivity contribution >= 4 is 45.1 Å². The van der Waals surface area contributed by atoms with E-state index in [0.717, 1.165) is 16.5 Å². The van der Waals surface area contributed by atoms with Crippen LogP contribution in [0.2, 0.25) is 5.02 Å². The Morgan fingerprint density at radius 1 is 1.00 bits per heavy atom. The predicted molar refractivity (Wildman–Crippen MR) is 111 cm³/mol. The minimum absolute atomic E-state index is 0.153. The summed E-state index contributed by atoms with van der Waals surface area (Å²) >= 11 is 6.07. The van der Waals surface area contributed by atoms with Crippen molar-refractivity contribution in [1.29, 1.82) is 0 Å². The first kappa shape index (κ1) is 19.0. The molecular formula is C23H17ClO5. The van der Waals surface area contributed by atoms with Crippen LogP contribution in [-0.2, 0) is 11.2 Å². The Morgan fingerprint density at radius 3 is 2.62 bits per heavy atom. The highest BCUT2D eigenvalue weighted by molar-refractivity contribution is 6.40. The van der Waals surface area contributed by atoms with Gasteiger partial charge < -0.3 is 14.3 Å². The lowest BCUT2D eigenvalue weighted by atomic mass is 10.0. The lowest BCUT2D eigenvalue weighted by Gasteiger charge is -2.09. The molecule has 29 heavy (non-hydrogen) atoms. The third kappa shape index (κ3) is 3.82. The van der Waals surface area contributed by atoms with Crippen LogP contribution in [-0.4, -0.2) is 23.5 Å². The van der Waals surface area contributed by atoms with Crippen LogP contribution in [0.4, 0.5) is 0 Å². The third-order valence-electron chi connectivity index (χ3n) is 4.73. The summed E-state index contributed by atoms with van der Waals surface area (Å²) in [6.45, 7) is 0.405. The van der Waals surface area contributed by atoms with Gasteiger partial charge in [0.05, 0.1) is 6.61 Å². The molecule has 0 saturated heterocycles. The van der Waals surface area contributed by atoms with Crippen LogP contribution < -0.4 is 4.74 Å². The Hall–Kier alpha value is -3.31. The second kappa shape index (κ2) is 7.97. The fourth-order valence-corrected chi connectivity index (χ4v) is 3.57. The van der Waals surface area contributed by atoms with Crippen molar-refractivity contribution in [2.45, 2.75) is 12.8 Å². The molecule has 0 atom stereocenters. The van der Waals surface area contributed by atoms with E-state index in [9.17, 15) is 9.59 Å². The van der Waals surface area contributed by atoms with Gasteiger partial charge >= 0.3 is 11.8 Å². The van der Waals surface area contributed by atoms with E-state index in [1.165, 1.54) is 0 Å². The average Bonchev–Trinajstić information content (AvgIpc) is 3.08. The number of carboxylic acid groups (broad SMARTS) is 1. The second-order valence-corrected chi connectivity index (χ2v) is 7.05. The number of fused-ring (bicyclic) bond motifs is 2. The average molecular weight is 409 g/mol. The van der Waals surface area contributed by atoms with Gasteiger partial charge in [-0.1, -0.05) is 48.0 Å². The molecule has 3 aromatic carbocycles. The molecule has 6 heteroatoms. The smallest absolute Gasteiger partial charge is 0.380 e. The number of carbonyl (C=O) groups is 2. The van der Waals surface area contributed by atoms with Gasteiger partial charge in [-0.15, -0.1) is 0 Å². The van der Waals surface area contributed by atoms with Crippen LogP contribution in [0.3, 0.4) is 0 Å². The molecule has 146 valence electrons. The van der Waals surface area contributed by atoms with E-state index in [4.69, 9.17) is 25.9 Å². The van der Waals surface area contributed by atoms with E-state index in [-0.39, 0.29) is 5.76 Å². The Labute approximate surface area is 171 Å². The van der Waals surface area contributed by atoms with Crippen molar-refractivity contribution in [1.82, 2.24) is 0 Å². The van der Waals surface area contributed by atoms with E-state index >= 15 is 0 Å². The normalized spacial score (nSPS) is 11.1. The van der Waals surface area contributed by atoms with Crippen molar-refractivity contribution in [2.75, 3.05) is 6.61 Å². The van der Waals surface area contributed by atoms with Gasteiger partial charge in [0.1, 0.15) is 11.3 Å². The quantitative estimate of drug-likeness (QED) is 0.247. The van der Waals surface area contributed by atoms with Crippen molar-refractivity contribution in [3.63, 3.8) is 0 Å². The first-order chi connectivity index (χ1) is 14.0. The van der Waals surface area contributed by atoms with Gasteiger partial charge in [-0.3, -0.25) is 4.79 Å². The zero-order chi connectivity index (χ0) is 20.4. The zero-order valence-electron chi connectivity index (χ0n) is 15.4. The summed E-state index contributed by atoms with van der Waals surface area (Å²) in [5, 5.41) is 12.4. The number of furan rings is 1. The molecular weight excluding hydrogens is 392 g/mol. The minimum atomic E-state index is -1.55. The molecule has 0 fully saturated rings. The van der Waals surface area contributed by atoms with E-state index in [2.05, 4.69) is 0 Å². The van der Waals surface area contributed by atoms with Crippen molar-refractivity contribution in [2.24, 2.45) is 0 Å². The van der Waals surface area contributed by atoms with Gasteiger partial charge in [0, 0.05) is 21.4 Å². The molecule has 0 radical (unpaired) electrons. The van der Waals surface area contributed by atoms with Gasteiger partial charge in [0.2, 0.25) is 0 Å². The summed E-state index contributed by atoms with van der Waals surface area (Å²) in [5.41, 5.74) is 0.973. The van der Waals surface area contributed by atoms with Gasteiger partial charge in [0.15, 0.2) is 5.76 Å². The van der Waals surface area contributed by atoms with E-state index in [1.54, 1.807) is 18.2 Å². The molecule has 0 saturated carbocycles. The Bertz CT molecular complexity index is 1220. The van der Waals surface area contributed by atoms with E-state index in [0.29, 0.717) is 41.0 Å². The number of benzene rings is 3.